The lowest BCUT2D eigenvalue weighted by Crippen LogP contribution is -2.58. The fourth-order valence-corrected chi connectivity index (χ4v) is 3.46. The van der Waals surface area contributed by atoms with E-state index in [1.54, 1.807) is 0 Å². The highest BCUT2D eigenvalue weighted by molar-refractivity contribution is 6.42. The molecule has 0 spiro atoms. The van der Waals surface area contributed by atoms with Crippen LogP contribution in [0.1, 0.15) is 18.4 Å². The summed E-state index contributed by atoms with van der Waals surface area (Å²) in [6.07, 6.45) is 2.02. The van der Waals surface area contributed by atoms with Gasteiger partial charge in [-0.2, -0.15) is 0 Å². The SMILES string of the molecule is N[C@H]1C[C@H]2COC[C@@H](C1)N2Cc1ccc(Cl)c(Cl)c1. The summed E-state index contributed by atoms with van der Waals surface area (Å²) in [6, 6.07) is 7.02. The largest absolute Gasteiger partial charge is 0.378 e. The molecule has 0 saturated carbocycles. The normalized spacial score (nSPS) is 31.4. The number of hydrogen-bond acceptors (Lipinski definition) is 3. The van der Waals surface area contributed by atoms with Crippen molar-refractivity contribution >= 4 is 23.2 Å². The van der Waals surface area contributed by atoms with E-state index in [-0.39, 0.29) is 0 Å². The number of rotatable bonds is 2. The average molecular weight is 301 g/mol. The second-order valence-electron chi connectivity index (χ2n) is 5.50. The van der Waals surface area contributed by atoms with E-state index in [4.69, 9.17) is 33.7 Å². The maximum absolute atomic E-state index is 6.10. The molecule has 3 nitrogen and oxygen atoms in total. The second-order valence-corrected chi connectivity index (χ2v) is 6.31. The molecule has 2 bridgehead atoms. The van der Waals surface area contributed by atoms with Gasteiger partial charge in [0.05, 0.1) is 23.3 Å². The third kappa shape index (κ3) is 2.91. The molecule has 3 atom stereocenters. The summed E-state index contributed by atoms with van der Waals surface area (Å²) < 4.78 is 5.65. The fraction of sp³-hybridized carbons (Fsp3) is 0.571. The van der Waals surface area contributed by atoms with Gasteiger partial charge in [-0.3, -0.25) is 4.90 Å². The number of fused-ring (bicyclic) bond motifs is 2. The molecule has 1 aromatic carbocycles. The Balaban J connectivity index is 1.76. The predicted octanol–water partition coefficient (Wildman–Crippen LogP) is 2.68. The highest BCUT2D eigenvalue weighted by Crippen LogP contribution is 2.30. The number of piperidine rings is 1. The topological polar surface area (TPSA) is 38.5 Å². The van der Waals surface area contributed by atoms with Crippen molar-refractivity contribution < 1.29 is 4.74 Å². The minimum absolute atomic E-state index is 0.309. The van der Waals surface area contributed by atoms with Crippen LogP contribution in [0.3, 0.4) is 0 Å². The van der Waals surface area contributed by atoms with Crippen LogP contribution in [0.4, 0.5) is 0 Å². The van der Waals surface area contributed by atoms with Gasteiger partial charge in [0.2, 0.25) is 0 Å². The number of nitrogens with zero attached hydrogens (tertiary/aromatic N) is 1. The Hall–Kier alpha value is -0.320. The number of benzene rings is 1. The van der Waals surface area contributed by atoms with E-state index in [9.17, 15) is 0 Å². The lowest BCUT2D eigenvalue weighted by Gasteiger charge is -2.47. The molecular formula is C14H18Cl2N2O. The zero-order chi connectivity index (χ0) is 13.4. The highest BCUT2D eigenvalue weighted by Gasteiger charge is 2.37. The first-order chi connectivity index (χ1) is 9.13. The zero-order valence-corrected chi connectivity index (χ0v) is 12.2. The van der Waals surface area contributed by atoms with Crippen LogP contribution in [-0.2, 0) is 11.3 Å². The summed E-state index contributed by atoms with van der Waals surface area (Å²) in [6.45, 7) is 2.46. The fourth-order valence-electron chi connectivity index (χ4n) is 3.14. The third-order valence-corrected chi connectivity index (χ3v) is 4.80. The van der Waals surface area contributed by atoms with Crippen molar-refractivity contribution in [3.63, 3.8) is 0 Å². The summed E-state index contributed by atoms with van der Waals surface area (Å²) in [5.74, 6) is 0. The zero-order valence-electron chi connectivity index (χ0n) is 10.7. The van der Waals surface area contributed by atoms with Crippen LogP contribution in [0.2, 0.25) is 10.0 Å². The smallest absolute Gasteiger partial charge is 0.0623 e. The van der Waals surface area contributed by atoms with Crippen LogP contribution in [0.5, 0.6) is 0 Å². The van der Waals surface area contributed by atoms with E-state index < -0.39 is 0 Å². The maximum Gasteiger partial charge on any atom is 0.0623 e. The average Bonchev–Trinajstić information content (AvgIpc) is 2.35. The van der Waals surface area contributed by atoms with Gasteiger partial charge in [0.15, 0.2) is 0 Å². The van der Waals surface area contributed by atoms with E-state index in [2.05, 4.69) is 4.90 Å². The Labute approximate surface area is 123 Å². The Morgan fingerprint density at radius 2 is 1.84 bits per heavy atom. The molecule has 2 aliphatic heterocycles. The standard InChI is InChI=1S/C14H18Cl2N2O/c15-13-2-1-9(3-14(13)16)6-18-11-4-10(17)5-12(18)8-19-7-11/h1-3,10-12H,4-8,17H2/t10-,11-,12+. The molecule has 0 unspecified atom stereocenters. The molecule has 2 aliphatic rings. The van der Waals surface area contributed by atoms with Gasteiger partial charge in [-0.15, -0.1) is 0 Å². The number of hydrogen-bond donors (Lipinski definition) is 1. The predicted molar refractivity (Wildman–Crippen MR) is 77.6 cm³/mol. The Kier molecular flexibility index (Phi) is 4.01. The molecule has 104 valence electrons. The summed E-state index contributed by atoms with van der Waals surface area (Å²) >= 11 is 12.0. The molecule has 2 heterocycles. The third-order valence-electron chi connectivity index (χ3n) is 4.06. The van der Waals surface area contributed by atoms with Crippen LogP contribution < -0.4 is 5.73 Å². The van der Waals surface area contributed by atoms with Crippen molar-refractivity contribution in [3.05, 3.63) is 33.8 Å². The van der Waals surface area contributed by atoms with Crippen LogP contribution in [0.15, 0.2) is 18.2 Å². The van der Waals surface area contributed by atoms with E-state index in [0.29, 0.717) is 28.2 Å². The van der Waals surface area contributed by atoms with Crippen LogP contribution in [-0.4, -0.2) is 36.2 Å². The molecule has 2 saturated heterocycles. The van der Waals surface area contributed by atoms with Crippen LogP contribution in [0, 0.1) is 0 Å². The minimum atomic E-state index is 0.309. The molecule has 3 rings (SSSR count). The Morgan fingerprint density at radius 3 is 2.47 bits per heavy atom. The monoisotopic (exact) mass is 300 g/mol. The number of ether oxygens (including phenoxy) is 1. The molecule has 2 N–H and O–H groups in total. The highest BCUT2D eigenvalue weighted by atomic mass is 35.5. The summed E-state index contributed by atoms with van der Waals surface area (Å²) in [5, 5.41) is 1.23. The molecule has 1 aromatic rings. The van der Waals surface area contributed by atoms with Gasteiger partial charge in [-0.1, -0.05) is 29.3 Å². The second kappa shape index (κ2) is 5.58. The van der Waals surface area contributed by atoms with Gasteiger partial charge in [-0.05, 0) is 30.5 Å². The van der Waals surface area contributed by atoms with Gasteiger partial charge in [-0.25, -0.2) is 0 Å². The molecular weight excluding hydrogens is 283 g/mol. The molecule has 0 aliphatic carbocycles. The molecule has 19 heavy (non-hydrogen) atoms. The van der Waals surface area contributed by atoms with Crippen LogP contribution >= 0.6 is 23.2 Å². The van der Waals surface area contributed by atoms with Gasteiger partial charge in [0, 0.05) is 24.7 Å². The van der Waals surface area contributed by atoms with Crippen molar-refractivity contribution in [2.75, 3.05) is 13.2 Å². The van der Waals surface area contributed by atoms with Crippen molar-refractivity contribution in [3.8, 4) is 0 Å². The molecule has 0 aromatic heterocycles. The minimum Gasteiger partial charge on any atom is -0.378 e. The van der Waals surface area contributed by atoms with Crippen LogP contribution in [0.25, 0.3) is 0 Å². The summed E-state index contributed by atoms with van der Waals surface area (Å²) in [7, 11) is 0. The van der Waals surface area contributed by atoms with Gasteiger partial charge in [0.25, 0.3) is 0 Å². The van der Waals surface area contributed by atoms with E-state index in [1.807, 2.05) is 18.2 Å². The Morgan fingerprint density at radius 1 is 1.16 bits per heavy atom. The lowest BCUT2D eigenvalue weighted by atomic mass is 9.90. The molecule has 2 fully saturated rings. The first kappa shape index (κ1) is 13.7. The first-order valence-electron chi connectivity index (χ1n) is 6.66. The van der Waals surface area contributed by atoms with Gasteiger partial charge in [0.1, 0.15) is 0 Å². The lowest BCUT2D eigenvalue weighted by molar-refractivity contribution is -0.0819. The van der Waals surface area contributed by atoms with Crippen molar-refractivity contribution in [1.82, 2.24) is 4.90 Å². The van der Waals surface area contributed by atoms with E-state index in [1.165, 1.54) is 5.56 Å². The van der Waals surface area contributed by atoms with E-state index in [0.717, 1.165) is 32.6 Å². The number of morpholine rings is 1. The Bertz CT molecular complexity index is 455. The quantitative estimate of drug-likeness (QED) is 0.913. The molecule has 5 heteroatoms. The van der Waals surface area contributed by atoms with Crippen molar-refractivity contribution in [2.24, 2.45) is 5.73 Å². The van der Waals surface area contributed by atoms with Crippen molar-refractivity contribution in [1.29, 1.82) is 0 Å². The van der Waals surface area contributed by atoms with Crippen molar-refractivity contribution in [2.45, 2.75) is 37.5 Å². The number of nitrogens with two attached hydrogens (primary N) is 1. The first-order valence-corrected chi connectivity index (χ1v) is 7.42. The maximum atomic E-state index is 6.10. The summed E-state index contributed by atoms with van der Waals surface area (Å²) in [5.41, 5.74) is 7.30. The van der Waals surface area contributed by atoms with E-state index >= 15 is 0 Å². The van der Waals surface area contributed by atoms with Gasteiger partial charge < -0.3 is 10.5 Å². The van der Waals surface area contributed by atoms with Gasteiger partial charge >= 0.3 is 0 Å². The molecule has 0 amide bonds. The molecule has 0 radical (unpaired) electrons. The number of halogens is 2. The summed E-state index contributed by atoms with van der Waals surface area (Å²) in [4.78, 5) is 2.51.